The SMILES string of the molecule is CN(c1ccc(C(=O)O)cc1)C(F)(F)C(F)(F)C(F)(F)C(F)(F)C(F)(F)C(F)(F)C(F)(F)F. The van der Waals surface area contributed by atoms with E-state index in [9.17, 15) is 70.7 Å². The van der Waals surface area contributed by atoms with Crippen LogP contribution in [0, 0.1) is 0 Å². The third kappa shape index (κ3) is 3.89. The van der Waals surface area contributed by atoms with Gasteiger partial charge in [-0.15, -0.1) is 0 Å². The van der Waals surface area contributed by atoms with Crippen LogP contribution in [-0.4, -0.2) is 60.0 Å². The summed E-state index contributed by atoms with van der Waals surface area (Å²) in [5, 5.41) is 8.62. The Kier molecular flexibility index (Phi) is 6.68. The second-order valence-electron chi connectivity index (χ2n) is 6.32. The molecule has 0 unspecified atom stereocenters. The number of carboxylic acid groups (broad SMARTS) is 1. The highest BCUT2D eigenvalue weighted by Gasteiger charge is 2.93. The summed E-state index contributed by atoms with van der Waals surface area (Å²) < 4.78 is 198. The van der Waals surface area contributed by atoms with Gasteiger partial charge < -0.3 is 10.0 Å². The summed E-state index contributed by atoms with van der Waals surface area (Å²) in [6.45, 7) is 0. The molecule has 190 valence electrons. The maximum absolute atomic E-state index is 14.1. The summed E-state index contributed by atoms with van der Waals surface area (Å²) in [7, 11) is -0.194. The zero-order valence-electron chi connectivity index (χ0n) is 15.3. The van der Waals surface area contributed by atoms with Crippen LogP contribution in [0.4, 0.5) is 71.5 Å². The van der Waals surface area contributed by atoms with E-state index in [1.807, 2.05) is 0 Å². The first-order valence-corrected chi connectivity index (χ1v) is 7.73. The van der Waals surface area contributed by atoms with E-state index in [2.05, 4.69) is 0 Å². The quantitative estimate of drug-likeness (QED) is 0.331. The largest absolute Gasteiger partial charge is 0.478 e. The van der Waals surface area contributed by atoms with Crippen LogP contribution < -0.4 is 4.90 Å². The summed E-state index contributed by atoms with van der Waals surface area (Å²) in [5.74, 6) is -42.3. The minimum absolute atomic E-state index is 0.194. The smallest absolute Gasteiger partial charge is 0.460 e. The van der Waals surface area contributed by atoms with Crippen LogP contribution in [0.25, 0.3) is 0 Å². The number of anilines is 1. The molecule has 0 aromatic heterocycles. The lowest BCUT2D eigenvalue weighted by Crippen LogP contribution is -2.74. The van der Waals surface area contributed by atoms with E-state index >= 15 is 0 Å². The fourth-order valence-electron chi connectivity index (χ4n) is 2.16. The Morgan fingerprint density at radius 1 is 0.636 bits per heavy atom. The monoisotopic (exact) mass is 519 g/mol. The van der Waals surface area contributed by atoms with Crippen molar-refractivity contribution in [2.75, 3.05) is 11.9 Å². The summed E-state index contributed by atoms with van der Waals surface area (Å²) in [6, 6.07) is -5.24. The van der Waals surface area contributed by atoms with Crippen molar-refractivity contribution in [3.63, 3.8) is 0 Å². The van der Waals surface area contributed by atoms with Gasteiger partial charge in [0.05, 0.1) is 5.56 Å². The van der Waals surface area contributed by atoms with Gasteiger partial charge in [0, 0.05) is 12.7 Å². The average molecular weight is 519 g/mol. The molecule has 0 fully saturated rings. The van der Waals surface area contributed by atoms with E-state index in [1.165, 1.54) is 0 Å². The molecule has 0 radical (unpaired) electrons. The molecule has 0 atom stereocenters. The number of alkyl halides is 15. The lowest BCUT2D eigenvalue weighted by atomic mass is 9.92. The number of nitrogens with zero attached hydrogens (tertiary/aromatic N) is 1. The minimum atomic E-state index is -8.38. The molecular weight excluding hydrogens is 511 g/mol. The topological polar surface area (TPSA) is 40.5 Å². The number of hydrogen-bond donors (Lipinski definition) is 1. The summed E-state index contributed by atoms with van der Waals surface area (Å²) in [4.78, 5) is 9.42. The molecule has 33 heavy (non-hydrogen) atoms. The predicted molar refractivity (Wildman–Crippen MR) is 77.5 cm³/mol. The number of benzene rings is 1. The Morgan fingerprint density at radius 3 is 1.30 bits per heavy atom. The lowest BCUT2D eigenvalue weighted by Gasteiger charge is -2.43. The molecule has 3 nitrogen and oxygen atoms in total. The van der Waals surface area contributed by atoms with Gasteiger partial charge in [0.25, 0.3) is 0 Å². The Hall–Kier alpha value is -2.56. The van der Waals surface area contributed by atoms with Crippen molar-refractivity contribution in [1.29, 1.82) is 0 Å². The average Bonchev–Trinajstić information content (AvgIpc) is 2.65. The van der Waals surface area contributed by atoms with Crippen LogP contribution in [-0.2, 0) is 0 Å². The first-order valence-electron chi connectivity index (χ1n) is 7.73. The molecule has 0 amide bonds. The van der Waals surface area contributed by atoms with E-state index in [-0.39, 0.29) is 19.2 Å². The van der Waals surface area contributed by atoms with Gasteiger partial charge in [0.2, 0.25) is 0 Å². The number of rotatable bonds is 8. The van der Waals surface area contributed by atoms with E-state index in [4.69, 9.17) is 5.11 Å². The van der Waals surface area contributed by atoms with Gasteiger partial charge in [-0.1, -0.05) is 0 Å². The molecule has 0 aliphatic rings. The van der Waals surface area contributed by atoms with Crippen molar-refractivity contribution in [1.82, 2.24) is 0 Å². The molecule has 0 saturated heterocycles. The van der Waals surface area contributed by atoms with E-state index in [0.717, 1.165) is 0 Å². The third-order valence-corrected chi connectivity index (χ3v) is 4.23. The number of carboxylic acids is 1. The van der Waals surface area contributed by atoms with Crippen molar-refractivity contribution < 1.29 is 75.8 Å². The lowest BCUT2D eigenvalue weighted by molar-refractivity contribution is -0.452. The molecule has 1 aromatic rings. The molecule has 0 heterocycles. The number of carbonyl (C=O) groups is 1. The van der Waals surface area contributed by atoms with Gasteiger partial charge in [0.15, 0.2) is 0 Å². The van der Waals surface area contributed by atoms with Gasteiger partial charge in [0.1, 0.15) is 0 Å². The zero-order valence-corrected chi connectivity index (χ0v) is 15.3. The second kappa shape index (κ2) is 7.75. The van der Waals surface area contributed by atoms with Gasteiger partial charge in [-0.05, 0) is 24.3 Å². The predicted octanol–water partition coefficient (Wildman–Crippen LogP) is 6.15. The number of hydrogen-bond acceptors (Lipinski definition) is 2. The summed E-state index contributed by atoms with van der Waals surface area (Å²) >= 11 is 0. The van der Waals surface area contributed by atoms with E-state index in [0.29, 0.717) is 12.1 Å². The van der Waals surface area contributed by atoms with Crippen LogP contribution in [0.2, 0.25) is 0 Å². The fraction of sp³-hybridized carbons (Fsp3) is 0.533. The highest BCUT2D eigenvalue weighted by Crippen LogP contribution is 2.62. The van der Waals surface area contributed by atoms with E-state index < -0.39 is 64.0 Å². The van der Waals surface area contributed by atoms with Crippen molar-refractivity contribution >= 4 is 11.7 Å². The van der Waals surface area contributed by atoms with Gasteiger partial charge in [-0.25, -0.2) is 4.79 Å². The Morgan fingerprint density at radius 2 is 0.970 bits per heavy atom. The standard InChI is InChI=1S/C15H8F15NO2/c1-31(7-4-2-6(3-5-7)8(32)33)15(29,30)13(24,25)11(20,21)9(16,17)10(18,19)12(22,23)14(26,27)28/h2-5H,1H3,(H,32,33). The van der Waals surface area contributed by atoms with Crippen molar-refractivity contribution in [3.05, 3.63) is 29.8 Å². The van der Waals surface area contributed by atoms with Crippen molar-refractivity contribution in [2.45, 2.75) is 41.8 Å². The Balaban J connectivity index is 3.57. The van der Waals surface area contributed by atoms with Crippen molar-refractivity contribution in [2.24, 2.45) is 0 Å². The fourth-order valence-corrected chi connectivity index (χ4v) is 2.16. The summed E-state index contributed by atoms with van der Waals surface area (Å²) in [5.41, 5.74) is -1.97. The third-order valence-electron chi connectivity index (χ3n) is 4.23. The molecular formula is C15H8F15NO2. The molecule has 0 aliphatic heterocycles. The first kappa shape index (κ1) is 28.5. The molecule has 1 N–H and O–H groups in total. The number of halogens is 15. The molecule has 0 bridgehead atoms. The summed E-state index contributed by atoms with van der Waals surface area (Å²) in [6.07, 6.45) is -7.67. The minimum Gasteiger partial charge on any atom is -0.478 e. The van der Waals surface area contributed by atoms with Crippen molar-refractivity contribution in [3.8, 4) is 0 Å². The second-order valence-corrected chi connectivity index (χ2v) is 6.32. The molecule has 0 aliphatic carbocycles. The highest BCUT2D eigenvalue weighted by molar-refractivity contribution is 5.88. The molecule has 18 heteroatoms. The van der Waals surface area contributed by atoms with Gasteiger partial charge >= 0.3 is 47.8 Å². The first-order chi connectivity index (χ1) is 14.3. The molecule has 1 rings (SSSR count). The zero-order chi connectivity index (χ0) is 26.6. The van der Waals surface area contributed by atoms with Crippen LogP contribution >= 0.6 is 0 Å². The normalized spacial score (nSPS) is 14.9. The van der Waals surface area contributed by atoms with Gasteiger partial charge in [-0.3, -0.25) is 0 Å². The van der Waals surface area contributed by atoms with Gasteiger partial charge in [-0.2, -0.15) is 65.9 Å². The molecule has 0 saturated carbocycles. The molecule has 1 aromatic carbocycles. The Bertz CT molecular complexity index is 876. The maximum atomic E-state index is 14.1. The van der Waals surface area contributed by atoms with Crippen LogP contribution in [0.1, 0.15) is 10.4 Å². The Labute approximate surface area is 172 Å². The van der Waals surface area contributed by atoms with E-state index in [1.54, 1.807) is 0 Å². The van der Waals surface area contributed by atoms with Crippen LogP contribution in [0.15, 0.2) is 24.3 Å². The maximum Gasteiger partial charge on any atom is 0.460 e. The highest BCUT2D eigenvalue weighted by atomic mass is 19.4. The van der Waals surface area contributed by atoms with Crippen LogP contribution in [0.3, 0.4) is 0 Å². The molecule has 0 spiro atoms. The van der Waals surface area contributed by atoms with Crippen LogP contribution in [0.5, 0.6) is 0 Å². The number of aromatic carboxylic acids is 1.